The standard InChI is InChI=1S/C26H24N4O5/c1-28-10-12-29(13-11-28)24(32)17-4-7-19(8-5-17)27-23(31)18-6-9-21-22(15-18)26(34)30(25(21)33)16-20-3-2-14-35-20/h2-9,14-15H,10-13,16H2,1H3,(H,27,31). The van der Waals surface area contributed by atoms with E-state index >= 15 is 0 Å². The van der Waals surface area contributed by atoms with Gasteiger partial charge in [0.15, 0.2) is 0 Å². The van der Waals surface area contributed by atoms with E-state index in [4.69, 9.17) is 4.42 Å². The Morgan fingerprint density at radius 2 is 1.57 bits per heavy atom. The molecule has 1 aromatic heterocycles. The maximum atomic E-state index is 12.8. The predicted octanol–water partition coefficient (Wildman–Crippen LogP) is 2.72. The molecule has 3 aromatic rings. The molecule has 3 heterocycles. The number of nitrogens with one attached hydrogen (secondary N) is 1. The van der Waals surface area contributed by atoms with Crippen molar-refractivity contribution in [1.82, 2.24) is 14.7 Å². The minimum Gasteiger partial charge on any atom is -0.467 e. The predicted molar refractivity (Wildman–Crippen MR) is 127 cm³/mol. The second-order valence-electron chi connectivity index (χ2n) is 8.66. The van der Waals surface area contributed by atoms with Crippen LogP contribution in [0.25, 0.3) is 0 Å². The van der Waals surface area contributed by atoms with Gasteiger partial charge in [0.05, 0.1) is 23.9 Å². The molecule has 0 saturated carbocycles. The van der Waals surface area contributed by atoms with Gasteiger partial charge in [0.2, 0.25) is 0 Å². The van der Waals surface area contributed by atoms with Crippen LogP contribution in [0, 0.1) is 0 Å². The summed E-state index contributed by atoms with van der Waals surface area (Å²) in [5, 5.41) is 2.78. The fourth-order valence-corrected chi connectivity index (χ4v) is 4.23. The van der Waals surface area contributed by atoms with Gasteiger partial charge >= 0.3 is 0 Å². The average Bonchev–Trinajstić information content (AvgIpc) is 3.47. The number of anilines is 1. The summed E-state index contributed by atoms with van der Waals surface area (Å²) in [7, 11) is 2.03. The van der Waals surface area contributed by atoms with Crippen LogP contribution >= 0.6 is 0 Å². The monoisotopic (exact) mass is 472 g/mol. The first-order chi connectivity index (χ1) is 16.9. The third kappa shape index (κ3) is 4.45. The van der Waals surface area contributed by atoms with Crippen molar-refractivity contribution in [3.63, 3.8) is 0 Å². The molecule has 0 spiro atoms. The Labute approximate surface area is 201 Å². The minimum absolute atomic E-state index is 0.0279. The van der Waals surface area contributed by atoms with Gasteiger partial charge in [-0.25, -0.2) is 0 Å². The van der Waals surface area contributed by atoms with Crippen molar-refractivity contribution in [3.8, 4) is 0 Å². The molecule has 1 saturated heterocycles. The van der Waals surface area contributed by atoms with E-state index in [2.05, 4.69) is 10.2 Å². The number of carbonyl (C=O) groups is 4. The lowest BCUT2D eigenvalue weighted by atomic mass is 10.1. The summed E-state index contributed by atoms with van der Waals surface area (Å²) in [6.45, 7) is 3.09. The zero-order chi connectivity index (χ0) is 24.5. The van der Waals surface area contributed by atoms with Crippen LogP contribution in [0.5, 0.6) is 0 Å². The molecular formula is C26H24N4O5. The molecule has 1 N–H and O–H groups in total. The number of imide groups is 1. The van der Waals surface area contributed by atoms with Gasteiger partial charge < -0.3 is 19.5 Å². The molecule has 0 unspecified atom stereocenters. The Balaban J connectivity index is 1.26. The summed E-state index contributed by atoms with van der Waals surface area (Å²) < 4.78 is 5.25. The van der Waals surface area contributed by atoms with E-state index in [0.29, 0.717) is 30.1 Å². The number of likely N-dealkylation sites (N-methyl/N-ethyl adjacent to an activating group) is 1. The first kappa shape index (κ1) is 22.5. The fraction of sp³-hybridized carbons (Fsp3) is 0.231. The quantitative estimate of drug-likeness (QED) is 0.573. The average molecular weight is 473 g/mol. The summed E-state index contributed by atoms with van der Waals surface area (Å²) in [4.78, 5) is 56.1. The number of furan rings is 1. The molecule has 0 bridgehead atoms. The Morgan fingerprint density at radius 1 is 0.886 bits per heavy atom. The SMILES string of the molecule is CN1CCN(C(=O)c2ccc(NC(=O)c3ccc4c(c3)C(=O)N(Cc3ccco3)C4=O)cc2)CC1. The lowest BCUT2D eigenvalue weighted by Gasteiger charge is -2.32. The highest BCUT2D eigenvalue weighted by Gasteiger charge is 2.36. The van der Waals surface area contributed by atoms with Gasteiger partial charge in [0.25, 0.3) is 23.6 Å². The van der Waals surface area contributed by atoms with Crippen LogP contribution in [0.4, 0.5) is 5.69 Å². The van der Waals surface area contributed by atoms with Gasteiger partial charge in [-0.15, -0.1) is 0 Å². The topological polar surface area (TPSA) is 103 Å². The molecule has 2 aliphatic rings. The van der Waals surface area contributed by atoms with E-state index in [9.17, 15) is 19.2 Å². The van der Waals surface area contributed by atoms with E-state index < -0.39 is 17.7 Å². The largest absolute Gasteiger partial charge is 0.467 e. The number of hydrogen-bond acceptors (Lipinski definition) is 6. The van der Waals surface area contributed by atoms with Crippen molar-refractivity contribution in [2.24, 2.45) is 0 Å². The number of amides is 4. The van der Waals surface area contributed by atoms with Crippen molar-refractivity contribution in [2.75, 3.05) is 38.5 Å². The summed E-state index contributed by atoms with van der Waals surface area (Å²) in [6.07, 6.45) is 1.48. The molecule has 9 heteroatoms. The molecule has 1 fully saturated rings. The first-order valence-corrected chi connectivity index (χ1v) is 11.3. The second kappa shape index (κ2) is 9.19. The van der Waals surface area contributed by atoms with Crippen LogP contribution in [0.2, 0.25) is 0 Å². The number of hydrogen-bond donors (Lipinski definition) is 1. The van der Waals surface area contributed by atoms with Gasteiger partial charge in [0, 0.05) is 43.0 Å². The third-order valence-corrected chi connectivity index (χ3v) is 6.31. The van der Waals surface area contributed by atoms with Crippen molar-refractivity contribution in [2.45, 2.75) is 6.54 Å². The maximum absolute atomic E-state index is 12.8. The number of piperazine rings is 1. The fourth-order valence-electron chi connectivity index (χ4n) is 4.23. The second-order valence-corrected chi connectivity index (χ2v) is 8.66. The Morgan fingerprint density at radius 3 is 2.26 bits per heavy atom. The highest BCUT2D eigenvalue weighted by atomic mass is 16.3. The molecule has 0 aliphatic carbocycles. The van der Waals surface area contributed by atoms with Gasteiger partial charge in [-0.2, -0.15) is 0 Å². The van der Waals surface area contributed by atoms with Crippen LogP contribution in [-0.4, -0.2) is 71.6 Å². The number of carbonyl (C=O) groups excluding carboxylic acids is 4. The first-order valence-electron chi connectivity index (χ1n) is 11.3. The lowest BCUT2D eigenvalue weighted by molar-refractivity contribution is 0.0628. The van der Waals surface area contributed by atoms with Crippen molar-refractivity contribution in [1.29, 1.82) is 0 Å². The Hall–Kier alpha value is -4.24. The van der Waals surface area contributed by atoms with Crippen LogP contribution in [0.15, 0.2) is 65.3 Å². The molecule has 0 radical (unpaired) electrons. The van der Waals surface area contributed by atoms with E-state index in [1.807, 2.05) is 11.9 Å². The molecular weight excluding hydrogens is 448 g/mol. The molecule has 35 heavy (non-hydrogen) atoms. The number of benzene rings is 2. The summed E-state index contributed by atoms with van der Waals surface area (Å²) in [6, 6.07) is 14.5. The summed E-state index contributed by atoms with van der Waals surface area (Å²) in [5.41, 5.74) is 1.77. The van der Waals surface area contributed by atoms with E-state index in [-0.39, 0.29) is 29.1 Å². The normalized spacial score (nSPS) is 15.9. The van der Waals surface area contributed by atoms with Gasteiger partial charge in [-0.05, 0) is 61.6 Å². The highest BCUT2D eigenvalue weighted by molar-refractivity contribution is 6.22. The lowest BCUT2D eigenvalue weighted by Crippen LogP contribution is -2.47. The summed E-state index contributed by atoms with van der Waals surface area (Å²) in [5.74, 6) is -0.851. The van der Waals surface area contributed by atoms with Gasteiger partial charge in [-0.1, -0.05) is 0 Å². The molecule has 2 aromatic carbocycles. The van der Waals surface area contributed by atoms with Gasteiger partial charge in [-0.3, -0.25) is 24.1 Å². The maximum Gasteiger partial charge on any atom is 0.261 e. The van der Waals surface area contributed by atoms with Gasteiger partial charge in [0.1, 0.15) is 5.76 Å². The van der Waals surface area contributed by atoms with Crippen LogP contribution in [-0.2, 0) is 6.54 Å². The Bertz CT molecular complexity index is 1290. The third-order valence-electron chi connectivity index (χ3n) is 6.31. The van der Waals surface area contributed by atoms with Crippen LogP contribution in [0.1, 0.15) is 47.2 Å². The molecule has 4 amide bonds. The van der Waals surface area contributed by atoms with Crippen LogP contribution in [0.3, 0.4) is 0 Å². The van der Waals surface area contributed by atoms with E-state index in [0.717, 1.165) is 18.0 Å². The molecule has 178 valence electrons. The molecule has 5 rings (SSSR count). The molecule has 9 nitrogen and oxygen atoms in total. The molecule has 0 atom stereocenters. The van der Waals surface area contributed by atoms with Crippen LogP contribution < -0.4 is 5.32 Å². The van der Waals surface area contributed by atoms with Crippen molar-refractivity contribution < 1.29 is 23.6 Å². The highest BCUT2D eigenvalue weighted by Crippen LogP contribution is 2.26. The zero-order valence-electron chi connectivity index (χ0n) is 19.2. The smallest absolute Gasteiger partial charge is 0.261 e. The number of rotatable bonds is 5. The number of nitrogens with zero attached hydrogens (tertiary/aromatic N) is 3. The zero-order valence-corrected chi connectivity index (χ0v) is 19.2. The van der Waals surface area contributed by atoms with E-state index in [1.165, 1.54) is 24.5 Å². The molecule has 2 aliphatic heterocycles. The Kier molecular flexibility index (Phi) is 5.92. The van der Waals surface area contributed by atoms with Crippen molar-refractivity contribution >= 4 is 29.3 Å². The number of fused-ring (bicyclic) bond motifs is 1. The van der Waals surface area contributed by atoms with Crippen molar-refractivity contribution in [3.05, 3.63) is 88.9 Å². The summed E-state index contributed by atoms with van der Waals surface area (Å²) >= 11 is 0. The minimum atomic E-state index is -0.470. The van der Waals surface area contributed by atoms with E-state index in [1.54, 1.807) is 36.4 Å².